The van der Waals surface area contributed by atoms with Crippen LogP contribution in [0.2, 0.25) is 0 Å². The van der Waals surface area contributed by atoms with Gasteiger partial charge in [-0.3, -0.25) is 0 Å². The topological polar surface area (TPSA) is 42.3 Å². The fourth-order valence-electron chi connectivity index (χ4n) is 3.39. The number of benzene rings is 1. The van der Waals surface area contributed by atoms with Gasteiger partial charge in [0.2, 0.25) is 0 Å². The van der Waals surface area contributed by atoms with Gasteiger partial charge in [-0.05, 0) is 31.4 Å². The number of ether oxygens (including phenoxy) is 1. The zero-order valence-corrected chi connectivity index (χ0v) is 14.7. The third-order valence-electron chi connectivity index (χ3n) is 4.87. The highest BCUT2D eigenvalue weighted by atomic mass is 16.5. The van der Waals surface area contributed by atoms with E-state index in [0.29, 0.717) is 12.1 Å². The molecule has 1 aliphatic rings. The lowest BCUT2D eigenvalue weighted by molar-refractivity contribution is 0.336. The van der Waals surface area contributed by atoms with Crippen molar-refractivity contribution < 1.29 is 4.74 Å². The van der Waals surface area contributed by atoms with Gasteiger partial charge >= 0.3 is 0 Å². The van der Waals surface area contributed by atoms with Crippen molar-refractivity contribution in [3.05, 3.63) is 43.0 Å². The van der Waals surface area contributed by atoms with Crippen LogP contribution in [0, 0.1) is 0 Å². The molecule has 1 atom stereocenters. The van der Waals surface area contributed by atoms with Gasteiger partial charge in [0.05, 0.1) is 13.4 Å². The van der Waals surface area contributed by atoms with Gasteiger partial charge in [-0.25, -0.2) is 4.98 Å². The maximum atomic E-state index is 5.34. The van der Waals surface area contributed by atoms with Crippen molar-refractivity contribution in [3.63, 3.8) is 0 Å². The zero-order valence-electron chi connectivity index (χ0n) is 14.7. The van der Waals surface area contributed by atoms with Gasteiger partial charge < -0.3 is 19.5 Å². The van der Waals surface area contributed by atoms with Crippen LogP contribution in [0.3, 0.4) is 0 Å². The molecule has 5 heteroatoms. The molecular formula is C19H28N4O. The van der Waals surface area contributed by atoms with Crippen LogP contribution >= 0.6 is 0 Å². The molecule has 0 bridgehead atoms. The largest absolute Gasteiger partial charge is 0.497 e. The minimum absolute atomic E-state index is 0.507. The van der Waals surface area contributed by atoms with E-state index in [4.69, 9.17) is 4.74 Å². The molecule has 1 aromatic heterocycles. The molecule has 1 saturated heterocycles. The van der Waals surface area contributed by atoms with E-state index in [9.17, 15) is 0 Å². The zero-order chi connectivity index (χ0) is 16.8. The predicted octanol–water partition coefficient (Wildman–Crippen LogP) is 2.93. The SMILES string of the molecule is CC[C@H](Cn1ccnc1)NC1CCN(c2cccc(OC)c2)CC1. The Bertz CT molecular complexity index is 606. The molecule has 1 aromatic carbocycles. The Kier molecular flexibility index (Phi) is 5.75. The summed E-state index contributed by atoms with van der Waals surface area (Å²) in [6, 6.07) is 9.47. The summed E-state index contributed by atoms with van der Waals surface area (Å²) in [6.45, 7) is 5.42. The number of hydrogen-bond donors (Lipinski definition) is 1. The van der Waals surface area contributed by atoms with Crippen molar-refractivity contribution >= 4 is 5.69 Å². The Morgan fingerprint density at radius 1 is 1.33 bits per heavy atom. The van der Waals surface area contributed by atoms with Crippen molar-refractivity contribution in [1.29, 1.82) is 0 Å². The first-order valence-electron chi connectivity index (χ1n) is 8.89. The fraction of sp³-hybridized carbons (Fsp3) is 0.526. The van der Waals surface area contributed by atoms with E-state index < -0.39 is 0 Å². The van der Waals surface area contributed by atoms with Crippen LogP contribution in [-0.2, 0) is 6.54 Å². The van der Waals surface area contributed by atoms with E-state index in [0.717, 1.165) is 31.8 Å². The first kappa shape index (κ1) is 16.8. The van der Waals surface area contributed by atoms with Crippen LogP contribution in [-0.4, -0.2) is 41.8 Å². The standard InChI is InChI=1S/C19H28N4O/c1-3-16(14-22-12-9-20-15-22)21-17-7-10-23(11-8-17)18-5-4-6-19(13-18)24-2/h4-6,9,12-13,15-17,21H,3,7-8,10-11,14H2,1-2H3/t16-/m1/s1. The molecule has 0 saturated carbocycles. The van der Waals surface area contributed by atoms with E-state index in [2.05, 4.69) is 44.9 Å². The quantitative estimate of drug-likeness (QED) is 0.848. The lowest BCUT2D eigenvalue weighted by atomic mass is 10.0. The van der Waals surface area contributed by atoms with E-state index in [1.807, 2.05) is 24.8 Å². The molecule has 130 valence electrons. The highest BCUT2D eigenvalue weighted by Gasteiger charge is 2.21. The average Bonchev–Trinajstić information content (AvgIpc) is 3.15. The van der Waals surface area contributed by atoms with Gasteiger partial charge in [0, 0.05) is 55.9 Å². The van der Waals surface area contributed by atoms with Crippen LogP contribution in [0.5, 0.6) is 5.75 Å². The third kappa shape index (κ3) is 4.29. The summed E-state index contributed by atoms with van der Waals surface area (Å²) in [4.78, 5) is 6.59. The van der Waals surface area contributed by atoms with Crippen LogP contribution in [0.15, 0.2) is 43.0 Å². The Labute approximate surface area is 144 Å². The highest BCUT2D eigenvalue weighted by Crippen LogP contribution is 2.24. The molecule has 0 unspecified atom stereocenters. The predicted molar refractivity (Wildman–Crippen MR) is 97.7 cm³/mol. The molecule has 1 aliphatic heterocycles. The van der Waals surface area contributed by atoms with Crippen LogP contribution < -0.4 is 15.0 Å². The Morgan fingerprint density at radius 3 is 2.83 bits per heavy atom. The van der Waals surface area contributed by atoms with E-state index in [1.165, 1.54) is 18.5 Å². The number of methoxy groups -OCH3 is 1. The lowest BCUT2D eigenvalue weighted by Gasteiger charge is -2.36. The molecule has 2 heterocycles. The van der Waals surface area contributed by atoms with Crippen LogP contribution in [0.1, 0.15) is 26.2 Å². The number of hydrogen-bond acceptors (Lipinski definition) is 4. The van der Waals surface area contributed by atoms with Gasteiger partial charge in [0.25, 0.3) is 0 Å². The third-order valence-corrected chi connectivity index (χ3v) is 4.87. The smallest absolute Gasteiger partial charge is 0.120 e. The normalized spacial score (nSPS) is 17.0. The number of nitrogens with one attached hydrogen (secondary N) is 1. The maximum Gasteiger partial charge on any atom is 0.120 e. The number of aromatic nitrogens is 2. The molecule has 3 rings (SSSR count). The molecule has 0 amide bonds. The summed E-state index contributed by atoms with van der Waals surface area (Å²) in [7, 11) is 1.72. The second-order valence-electron chi connectivity index (χ2n) is 6.49. The molecular weight excluding hydrogens is 300 g/mol. The van der Waals surface area contributed by atoms with Crippen molar-refractivity contribution in [2.24, 2.45) is 0 Å². The fourth-order valence-corrected chi connectivity index (χ4v) is 3.39. The van der Waals surface area contributed by atoms with Crippen molar-refractivity contribution in [2.45, 2.75) is 44.8 Å². The summed E-state index contributed by atoms with van der Waals surface area (Å²) in [5.74, 6) is 0.930. The van der Waals surface area contributed by atoms with Crippen LogP contribution in [0.25, 0.3) is 0 Å². The monoisotopic (exact) mass is 328 g/mol. The average molecular weight is 328 g/mol. The summed E-state index contributed by atoms with van der Waals surface area (Å²) in [5, 5.41) is 3.84. The first-order valence-corrected chi connectivity index (χ1v) is 8.89. The molecule has 0 radical (unpaired) electrons. The molecule has 1 N–H and O–H groups in total. The number of nitrogens with zero attached hydrogens (tertiary/aromatic N) is 3. The summed E-state index contributed by atoms with van der Waals surface area (Å²) < 4.78 is 7.50. The summed E-state index contributed by atoms with van der Waals surface area (Å²) in [5.41, 5.74) is 1.26. The summed E-state index contributed by atoms with van der Waals surface area (Å²) in [6.07, 6.45) is 9.27. The van der Waals surface area contributed by atoms with Gasteiger partial charge in [0.15, 0.2) is 0 Å². The highest BCUT2D eigenvalue weighted by molar-refractivity contribution is 5.51. The van der Waals surface area contributed by atoms with Gasteiger partial charge in [-0.2, -0.15) is 0 Å². The second kappa shape index (κ2) is 8.20. The number of rotatable bonds is 7. The molecule has 5 nitrogen and oxygen atoms in total. The molecule has 0 aliphatic carbocycles. The molecule has 24 heavy (non-hydrogen) atoms. The van der Waals surface area contributed by atoms with Gasteiger partial charge in [-0.15, -0.1) is 0 Å². The maximum absolute atomic E-state index is 5.34. The van der Waals surface area contributed by atoms with Gasteiger partial charge in [-0.1, -0.05) is 13.0 Å². The minimum Gasteiger partial charge on any atom is -0.497 e. The van der Waals surface area contributed by atoms with Crippen LogP contribution in [0.4, 0.5) is 5.69 Å². The number of piperidine rings is 1. The Hall–Kier alpha value is -2.01. The minimum atomic E-state index is 0.507. The Morgan fingerprint density at radius 2 is 2.17 bits per heavy atom. The van der Waals surface area contributed by atoms with E-state index >= 15 is 0 Å². The first-order chi connectivity index (χ1) is 11.8. The van der Waals surface area contributed by atoms with Crippen molar-refractivity contribution in [1.82, 2.24) is 14.9 Å². The number of anilines is 1. The molecule has 1 fully saturated rings. The van der Waals surface area contributed by atoms with Gasteiger partial charge in [0.1, 0.15) is 5.75 Å². The second-order valence-corrected chi connectivity index (χ2v) is 6.49. The van der Waals surface area contributed by atoms with Crippen molar-refractivity contribution in [2.75, 3.05) is 25.1 Å². The van der Waals surface area contributed by atoms with Crippen molar-refractivity contribution in [3.8, 4) is 5.75 Å². The van der Waals surface area contributed by atoms with E-state index in [-0.39, 0.29) is 0 Å². The number of imidazole rings is 1. The lowest BCUT2D eigenvalue weighted by Crippen LogP contribution is -2.47. The molecule has 2 aromatic rings. The molecule has 0 spiro atoms. The Balaban J connectivity index is 1.50. The van der Waals surface area contributed by atoms with E-state index in [1.54, 1.807) is 7.11 Å². The summed E-state index contributed by atoms with van der Waals surface area (Å²) >= 11 is 0.